The fourth-order valence-corrected chi connectivity index (χ4v) is 1.68. The van der Waals surface area contributed by atoms with Crippen LogP contribution in [-0.4, -0.2) is 10.8 Å². The highest BCUT2D eigenvalue weighted by Gasteiger charge is 2.16. The molecule has 0 spiro atoms. The summed E-state index contributed by atoms with van der Waals surface area (Å²) in [7, 11) is 0. The molecule has 0 saturated heterocycles. The number of ether oxygens (including phenoxy) is 1. The summed E-state index contributed by atoms with van der Waals surface area (Å²) in [6.07, 6.45) is 0. The number of nitrogens with two attached hydrogens (primary N) is 1. The Morgan fingerprint density at radius 3 is 2.55 bits per heavy atom. The largest absolute Gasteiger partial charge is 0.450 e. The number of nitro benzene ring substituents is 1. The molecule has 0 aliphatic carbocycles. The molecule has 2 rings (SSSR count). The lowest BCUT2D eigenvalue weighted by atomic mass is 10.1. The number of amides is 1. The third-order valence-electron chi connectivity index (χ3n) is 2.75. The number of nitro groups is 1. The molecule has 2 aromatic carbocycles. The van der Waals surface area contributed by atoms with E-state index >= 15 is 0 Å². The van der Waals surface area contributed by atoms with Crippen LogP contribution in [0.1, 0.15) is 15.9 Å². The Kier molecular flexibility index (Phi) is 3.65. The number of hydrogen-bond acceptors (Lipinski definition) is 4. The van der Waals surface area contributed by atoms with Crippen molar-refractivity contribution in [1.82, 2.24) is 0 Å². The number of primary amides is 1. The molecule has 0 bridgehead atoms. The summed E-state index contributed by atoms with van der Waals surface area (Å²) in [5, 5.41) is 10.9. The summed E-state index contributed by atoms with van der Waals surface area (Å²) in [5.41, 5.74) is 6.08. The van der Waals surface area contributed by atoms with E-state index in [-0.39, 0.29) is 17.0 Å². The van der Waals surface area contributed by atoms with Gasteiger partial charge in [0.1, 0.15) is 5.75 Å². The SMILES string of the molecule is Cc1ccc(C(N)=O)cc1Oc1ccccc1[N+](=O)[O-]. The molecule has 0 radical (unpaired) electrons. The molecule has 0 aliphatic heterocycles. The minimum Gasteiger partial charge on any atom is -0.450 e. The third kappa shape index (κ3) is 2.74. The highest BCUT2D eigenvalue weighted by molar-refractivity contribution is 5.93. The number of carbonyl (C=O) groups is 1. The predicted octanol–water partition coefficient (Wildman–Crippen LogP) is 2.79. The monoisotopic (exact) mass is 272 g/mol. The van der Waals surface area contributed by atoms with E-state index in [0.717, 1.165) is 5.56 Å². The van der Waals surface area contributed by atoms with Crippen LogP contribution in [0, 0.1) is 17.0 Å². The quantitative estimate of drug-likeness (QED) is 0.683. The molecular formula is C14H12N2O4. The molecule has 0 aliphatic rings. The Hall–Kier alpha value is -2.89. The second-order valence-corrected chi connectivity index (χ2v) is 4.17. The number of hydrogen-bond donors (Lipinski definition) is 1. The van der Waals surface area contributed by atoms with Gasteiger partial charge in [0.15, 0.2) is 0 Å². The summed E-state index contributed by atoms with van der Waals surface area (Å²) in [5.74, 6) is -0.116. The average molecular weight is 272 g/mol. The van der Waals surface area contributed by atoms with Gasteiger partial charge in [0.25, 0.3) is 0 Å². The van der Waals surface area contributed by atoms with Crippen molar-refractivity contribution in [2.45, 2.75) is 6.92 Å². The summed E-state index contributed by atoms with van der Waals surface area (Å²) in [4.78, 5) is 21.5. The molecule has 0 aromatic heterocycles. The average Bonchev–Trinajstić information content (AvgIpc) is 2.41. The maximum atomic E-state index is 11.2. The highest BCUT2D eigenvalue weighted by Crippen LogP contribution is 2.32. The van der Waals surface area contributed by atoms with Crippen LogP contribution in [-0.2, 0) is 0 Å². The highest BCUT2D eigenvalue weighted by atomic mass is 16.6. The molecule has 0 unspecified atom stereocenters. The van der Waals surface area contributed by atoms with Crippen molar-refractivity contribution in [3.05, 3.63) is 63.7 Å². The van der Waals surface area contributed by atoms with E-state index in [1.54, 1.807) is 31.2 Å². The van der Waals surface area contributed by atoms with E-state index in [4.69, 9.17) is 10.5 Å². The summed E-state index contributed by atoms with van der Waals surface area (Å²) in [6, 6.07) is 10.7. The van der Waals surface area contributed by atoms with E-state index in [2.05, 4.69) is 0 Å². The van der Waals surface area contributed by atoms with E-state index in [9.17, 15) is 14.9 Å². The number of benzene rings is 2. The molecule has 0 saturated carbocycles. The second-order valence-electron chi connectivity index (χ2n) is 4.17. The van der Waals surface area contributed by atoms with Crippen LogP contribution in [0.15, 0.2) is 42.5 Å². The fourth-order valence-electron chi connectivity index (χ4n) is 1.68. The molecule has 2 aromatic rings. The molecule has 6 nitrogen and oxygen atoms in total. The Balaban J connectivity index is 2.42. The van der Waals surface area contributed by atoms with Crippen molar-refractivity contribution in [2.75, 3.05) is 0 Å². The van der Waals surface area contributed by atoms with Crippen LogP contribution >= 0.6 is 0 Å². The van der Waals surface area contributed by atoms with Crippen molar-refractivity contribution < 1.29 is 14.5 Å². The first-order valence-electron chi connectivity index (χ1n) is 5.81. The van der Waals surface area contributed by atoms with E-state index < -0.39 is 10.8 Å². The zero-order valence-electron chi connectivity index (χ0n) is 10.7. The lowest BCUT2D eigenvalue weighted by molar-refractivity contribution is -0.385. The smallest absolute Gasteiger partial charge is 0.311 e. The summed E-state index contributed by atoms with van der Waals surface area (Å²) in [6.45, 7) is 1.77. The molecule has 2 N–H and O–H groups in total. The van der Waals surface area contributed by atoms with Crippen molar-refractivity contribution in [1.29, 1.82) is 0 Å². The van der Waals surface area contributed by atoms with E-state index in [1.165, 1.54) is 18.2 Å². The summed E-state index contributed by atoms with van der Waals surface area (Å²) < 4.78 is 5.54. The summed E-state index contributed by atoms with van der Waals surface area (Å²) >= 11 is 0. The lowest BCUT2D eigenvalue weighted by Gasteiger charge is -2.09. The molecule has 0 fully saturated rings. The van der Waals surface area contributed by atoms with Crippen LogP contribution in [0.2, 0.25) is 0 Å². The molecule has 6 heteroatoms. The molecule has 102 valence electrons. The van der Waals surface area contributed by atoms with Crippen LogP contribution in [0.3, 0.4) is 0 Å². The van der Waals surface area contributed by atoms with Crippen molar-refractivity contribution in [2.24, 2.45) is 5.73 Å². The standard InChI is InChI=1S/C14H12N2O4/c1-9-6-7-10(14(15)17)8-13(9)20-12-5-3-2-4-11(12)16(18)19/h2-8H,1H3,(H2,15,17). The predicted molar refractivity (Wildman–Crippen MR) is 72.9 cm³/mol. The van der Waals surface area contributed by atoms with Gasteiger partial charge in [-0.2, -0.15) is 0 Å². The van der Waals surface area contributed by atoms with E-state index in [0.29, 0.717) is 5.75 Å². The van der Waals surface area contributed by atoms with Gasteiger partial charge >= 0.3 is 5.69 Å². The Bertz CT molecular complexity index is 683. The van der Waals surface area contributed by atoms with Gasteiger partial charge in [-0.15, -0.1) is 0 Å². The minimum absolute atomic E-state index is 0.113. The van der Waals surface area contributed by atoms with Gasteiger partial charge < -0.3 is 10.5 Å². The van der Waals surface area contributed by atoms with Gasteiger partial charge in [0.2, 0.25) is 11.7 Å². The van der Waals surface area contributed by atoms with Crippen LogP contribution in [0.5, 0.6) is 11.5 Å². The zero-order chi connectivity index (χ0) is 14.7. The second kappa shape index (κ2) is 5.40. The minimum atomic E-state index is -0.586. The van der Waals surface area contributed by atoms with Gasteiger partial charge in [-0.3, -0.25) is 14.9 Å². The molecule has 0 atom stereocenters. The lowest BCUT2D eigenvalue weighted by Crippen LogP contribution is -2.10. The van der Waals surface area contributed by atoms with Crippen molar-refractivity contribution in [3.8, 4) is 11.5 Å². The number of aryl methyl sites for hydroxylation is 1. The first-order valence-corrected chi connectivity index (χ1v) is 5.81. The topological polar surface area (TPSA) is 95.5 Å². The molecular weight excluding hydrogens is 260 g/mol. The van der Waals surface area contributed by atoms with Crippen LogP contribution in [0.4, 0.5) is 5.69 Å². The molecule has 20 heavy (non-hydrogen) atoms. The van der Waals surface area contributed by atoms with Crippen molar-refractivity contribution in [3.63, 3.8) is 0 Å². The number of carbonyl (C=O) groups excluding carboxylic acids is 1. The third-order valence-corrected chi connectivity index (χ3v) is 2.75. The number of rotatable bonds is 4. The van der Waals surface area contributed by atoms with Crippen LogP contribution < -0.4 is 10.5 Å². The van der Waals surface area contributed by atoms with Gasteiger partial charge in [-0.25, -0.2) is 0 Å². The number of para-hydroxylation sites is 2. The van der Waals surface area contributed by atoms with Gasteiger partial charge in [-0.1, -0.05) is 18.2 Å². The number of nitrogens with zero attached hydrogens (tertiary/aromatic N) is 1. The fraction of sp³-hybridized carbons (Fsp3) is 0.0714. The molecule has 1 amide bonds. The maximum absolute atomic E-state index is 11.2. The zero-order valence-corrected chi connectivity index (χ0v) is 10.7. The maximum Gasteiger partial charge on any atom is 0.311 e. The van der Waals surface area contributed by atoms with Crippen LogP contribution in [0.25, 0.3) is 0 Å². The van der Waals surface area contributed by atoms with Gasteiger partial charge in [0.05, 0.1) is 4.92 Å². The molecule has 0 heterocycles. The van der Waals surface area contributed by atoms with Crippen molar-refractivity contribution >= 4 is 11.6 Å². The Morgan fingerprint density at radius 2 is 1.90 bits per heavy atom. The first kappa shape index (κ1) is 13.5. The Morgan fingerprint density at radius 1 is 1.20 bits per heavy atom. The van der Waals surface area contributed by atoms with Gasteiger partial charge in [-0.05, 0) is 30.7 Å². The Labute approximate surface area is 114 Å². The van der Waals surface area contributed by atoms with E-state index in [1.807, 2.05) is 0 Å². The first-order chi connectivity index (χ1) is 9.49. The van der Waals surface area contributed by atoms with Gasteiger partial charge in [0, 0.05) is 11.6 Å². The normalized spacial score (nSPS) is 10.1.